The van der Waals surface area contributed by atoms with Crippen molar-refractivity contribution in [2.45, 2.75) is 19.3 Å². The Morgan fingerprint density at radius 2 is 2.00 bits per heavy atom. The summed E-state index contributed by atoms with van der Waals surface area (Å²) in [4.78, 5) is 4.24. The molecule has 3 nitrogen and oxygen atoms in total. The van der Waals surface area contributed by atoms with E-state index in [-0.39, 0.29) is 11.4 Å². The first kappa shape index (κ1) is 12.5. The Hall–Kier alpha value is -2.48. The summed E-state index contributed by atoms with van der Waals surface area (Å²) in [5.74, 6) is -1.70. The van der Waals surface area contributed by atoms with E-state index in [0.29, 0.717) is 11.1 Å². The van der Waals surface area contributed by atoms with Crippen LogP contribution < -0.4 is 5.73 Å². The van der Waals surface area contributed by atoms with Crippen LogP contribution in [-0.4, -0.2) is 4.98 Å². The normalized spacial score (nSPS) is 13.1. The van der Waals surface area contributed by atoms with Crippen molar-refractivity contribution in [1.82, 2.24) is 4.98 Å². The van der Waals surface area contributed by atoms with Crippen LogP contribution in [0.5, 0.6) is 0 Å². The highest BCUT2D eigenvalue weighted by molar-refractivity contribution is 5.79. The molecule has 3 rings (SSSR count). The Labute approximate surface area is 114 Å². The van der Waals surface area contributed by atoms with Crippen molar-refractivity contribution in [3.05, 3.63) is 46.7 Å². The molecule has 1 aliphatic carbocycles. The topological polar surface area (TPSA) is 62.7 Å². The van der Waals surface area contributed by atoms with E-state index in [0.717, 1.165) is 42.7 Å². The largest absolute Gasteiger partial charge is 0.383 e. The lowest BCUT2D eigenvalue weighted by atomic mass is 9.94. The summed E-state index contributed by atoms with van der Waals surface area (Å²) >= 11 is 0. The van der Waals surface area contributed by atoms with Gasteiger partial charge >= 0.3 is 0 Å². The van der Waals surface area contributed by atoms with E-state index in [4.69, 9.17) is 5.73 Å². The summed E-state index contributed by atoms with van der Waals surface area (Å²) in [6.07, 6.45) is 2.49. The maximum Gasteiger partial charge on any atom is 0.159 e. The van der Waals surface area contributed by atoms with Crippen LogP contribution in [-0.2, 0) is 12.8 Å². The molecule has 1 aromatic heterocycles. The number of aromatic nitrogens is 1. The summed E-state index contributed by atoms with van der Waals surface area (Å²) in [6.45, 7) is 0. The second kappa shape index (κ2) is 4.57. The molecule has 0 fully saturated rings. The Morgan fingerprint density at radius 3 is 2.70 bits per heavy atom. The van der Waals surface area contributed by atoms with E-state index in [1.807, 2.05) is 6.07 Å². The lowest BCUT2D eigenvalue weighted by Crippen LogP contribution is -2.04. The van der Waals surface area contributed by atoms with Gasteiger partial charge in [0, 0.05) is 11.3 Å². The van der Waals surface area contributed by atoms with Crippen LogP contribution >= 0.6 is 0 Å². The molecule has 2 N–H and O–H groups in total. The molecule has 0 aliphatic heterocycles. The van der Waals surface area contributed by atoms with Crippen LogP contribution in [0.2, 0.25) is 0 Å². The van der Waals surface area contributed by atoms with Crippen molar-refractivity contribution >= 4 is 5.82 Å². The van der Waals surface area contributed by atoms with Gasteiger partial charge in [-0.15, -0.1) is 0 Å². The predicted octanol–water partition coefficient (Wildman–Crippen LogP) is 2.97. The van der Waals surface area contributed by atoms with Crippen molar-refractivity contribution in [2.75, 3.05) is 5.73 Å². The van der Waals surface area contributed by atoms with E-state index in [9.17, 15) is 14.0 Å². The zero-order valence-electron chi connectivity index (χ0n) is 10.6. The SMILES string of the molecule is N#Cc1c(N)nc2c(c1-c1ccc(F)c(F)c1)CCC2. The summed E-state index contributed by atoms with van der Waals surface area (Å²) in [5, 5.41) is 9.28. The van der Waals surface area contributed by atoms with E-state index in [2.05, 4.69) is 4.98 Å². The standard InChI is InChI=1S/C15H11F2N3/c16-11-5-4-8(6-12(11)17)14-9-2-1-3-13(9)20-15(19)10(14)7-18/h4-6H,1-3H2,(H2,19,20). The van der Waals surface area contributed by atoms with Crippen LogP contribution in [0.25, 0.3) is 11.1 Å². The molecule has 2 aromatic rings. The van der Waals surface area contributed by atoms with Gasteiger partial charge in [0.2, 0.25) is 0 Å². The number of nitrogens with zero attached hydrogens (tertiary/aromatic N) is 2. The van der Waals surface area contributed by atoms with Crippen molar-refractivity contribution in [3.63, 3.8) is 0 Å². The molecule has 0 bridgehead atoms. The number of fused-ring (bicyclic) bond motifs is 1. The van der Waals surface area contributed by atoms with Crippen LogP contribution in [0.15, 0.2) is 18.2 Å². The maximum absolute atomic E-state index is 13.4. The van der Waals surface area contributed by atoms with E-state index in [1.54, 1.807) is 0 Å². The number of benzene rings is 1. The molecule has 0 atom stereocenters. The first-order valence-corrected chi connectivity index (χ1v) is 6.28. The molecule has 0 amide bonds. The molecular weight excluding hydrogens is 260 g/mol. The Bertz CT molecular complexity index is 747. The fraction of sp³-hybridized carbons (Fsp3) is 0.200. The molecule has 5 heteroatoms. The van der Waals surface area contributed by atoms with Gasteiger partial charge in [-0.3, -0.25) is 0 Å². The third-order valence-corrected chi connectivity index (χ3v) is 3.57. The van der Waals surface area contributed by atoms with Gasteiger partial charge in [0.1, 0.15) is 17.5 Å². The number of rotatable bonds is 1. The van der Waals surface area contributed by atoms with Crippen LogP contribution in [0.4, 0.5) is 14.6 Å². The van der Waals surface area contributed by atoms with Gasteiger partial charge in [-0.2, -0.15) is 5.26 Å². The molecule has 1 heterocycles. The number of nitrogens with two attached hydrogens (primary N) is 1. The number of anilines is 1. The van der Waals surface area contributed by atoms with Crippen LogP contribution in [0.1, 0.15) is 23.2 Å². The number of nitriles is 1. The smallest absolute Gasteiger partial charge is 0.159 e. The zero-order chi connectivity index (χ0) is 14.3. The van der Waals surface area contributed by atoms with Gasteiger partial charge in [0.15, 0.2) is 11.6 Å². The van der Waals surface area contributed by atoms with Crippen molar-refractivity contribution in [3.8, 4) is 17.2 Å². The molecular formula is C15H11F2N3. The maximum atomic E-state index is 13.4. The summed E-state index contributed by atoms with van der Waals surface area (Å²) in [5.41, 5.74) is 8.86. The van der Waals surface area contributed by atoms with E-state index >= 15 is 0 Å². The van der Waals surface area contributed by atoms with Gasteiger partial charge in [-0.1, -0.05) is 6.07 Å². The van der Waals surface area contributed by atoms with Crippen molar-refractivity contribution < 1.29 is 8.78 Å². The second-order valence-electron chi connectivity index (χ2n) is 4.77. The number of nitrogen functional groups attached to an aromatic ring is 1. The van der Waals surface area contributed by atoms with E-state index < -0.39 is 11.6 Å². The fourth-order valence-corrected chi connectivity index (χ4v) is 2.68. The molecule has 0 radical (unpaired) electrons. The number of aryl methyl sites for hydroxylation is 1. The molecule has 0 saturated carbocycles. The molecule has 1 aliphatic rings. The van der Waals surface area contributed by atoms with Crippen LogP contribution in [0.3, 0.4) is 0 Å². The average Bonchev–Trinajstić information content (AvgIpc) is 2.88. The van der Waals surface area contributed by atoms with Crippen molar-refractivity contribution in [1.29, 1.82) is 5.26 Å². The molecule has 100 valence electrons. The fourth-order valence-electron chi connectivity index (χ4n) is 2.68. The zero-order valence-corrected chi connectivity index (χ0v) is 10.6. The Balaban J connectivity index is 2.32. The molecule has 0 saturated heterocycles. The highest BCUT2D eigenvalue weighted by Gasteiger charge is 2.23. The quantitative estimate of drug-likeness (QED) is 0.867. The predicted molar refractivity (Wildman–Crippen MR) is 70.7 cm³/mol. The molecule has 1 aromatic carbocycles. The van der Waals surface area contributed by atoms with Gasteiger partial charge < -0.3 is 5.73 Å². The number of hydrogen-bond acceptors (Lipinski definition) is 3. The summed E-state index contributed by atoms with van der Waals surface area (Å²) in [6, 6.07) is 5.65. The number of halogens is 2. The number of pyridine rings is 1. The summed E-state index contributed by atoms with van der Waals surface area (Å²) < 4.78 is 26.5. The highest BCUT2D eigenvalue weighted by atomic mass is 19.2. The minimum Gasteiger partial charge on any atom is -0.383 e. The van der Waals surface area contributed by atoms with Crippen LogP contribution in [0, 0.1) is 23.0 Å². The summed E-state index contributed by atoms with van der Waals surface area (Å²) in [7, 11) is 0. The second-order valence-corrected chi connectivity index (χ2v) is 4.77. The lowest BCUT2D eigenvalue weighted by molar-refractivity contribution is 0.509. The third-order valence-electron chi connectivity index (χ3n) is 3.57. The first-order valence-electron chi connectivity index (χ1n) is 6.28. The Morgan fingerprint density at radius 1 is 1.20 bits per heavy atom. The van der Waals surface area contributed by atoms with Gasteiger partial charge in [0.05, 0.1) is 0 Å². The van der Waals surface area contributed by atoms with Gasteiger partial charge in [-0.25, -0.2) is 13.8 Å². The minimum atomic E-state index is -0.937. The van der Waals surface area contributed by atoms with Crippen molar-refractivity contribution in [2.24, 2.45) is 0 Å². The molecule has 20 heavy (non-hydrogen) atoms. The lowest BCUT2D eigenvalue weighted by Gasteiger charge is -2.12. The first-order chi connectivity index (χ1) is 9.61. The monoisotopic (exact) mass is 271 g/mol. The minimum absolute atomic E-state index is 0.146. The number of hydrogen-bond donors (Lipinski definition) is 1. The van der Waals surface area contributed by atoms with Gasteiger partial charge in [0.25, 0.3) is 0 Å². The molecule has 0 spiro atoms. The molecule has 0 unspecified atom stereocenters. The third kappa shape index (κ3) is 1.81. The van der Waals surface area contributed by atoms with E-state index in [1.165, 1.54) is 6.07 Å². The average molecular weight is 271 g/mol. The highest BCUT2D eigenvalue weighted by Crippen LogP contribution is 2.36. The van der Waals surface area contributed by atoms with Gasteiger partial charge in [-0.05, 0) is 42.5 Å². The Kier molecular flexibility index (Phi) is 2.87.